The van der Waals surface area contributed by atoms with E-state index in [1.165, 1.54) is 263 Å². The Morgan fingerprint density at radius 2 is 0.645 bits per heavy atom. The van der Waals surface area contributed by atoms with E-state index in [1.54, 1.807) is 0 Å². The molecule has 0 saturated carbocycles. The maximum atomic E-state index is 12.5. The number of hydrogen-bond acceptors (Lipinski definition) is 4. The molecule has 0 aromatic heterocycles. The predicted molar refractivity (Wildman–Crippen MR) is 273 cm³/mol. The van der Waals surface area contributed by atoms with Gasteiger partial charge in [-0.3, -0.25) is 4.79 Å². The molecule has 0 aromatic rings. The van der Waals surface area contributed by atoms with E-state index in [-0.39, 0.29) is 18.9 Å². The molecule has 1 amide bonds. The van der Waals surface area contributed by atoms with Gasteiger partial charge in [0, 0.05) is 0 Å². The van der Waals surface area contributed by atoms with Crippen molar-refractivity contribution in [1.29, 1.82) is 0 Å². The van der Waals surface area contributed by atoms with E-state index >= 15 is 0 Å². The summed E-state index contributed by atoms with van der Waals surface area (Å²) in [4.78, 5) is 12.5. The summed E-state index contributed by atoms with van der Waals surface area (Å²) in [7, 11) is 0. The second-order valence-electron chi connectivity index (χ2n) is 19.9. The summed E-state index contributed by atoms with van der Waals surface area (Å²) >= 11 is 0. The summed E-state index contributed by atoms with van der Waals surface area (Å²) in [6.07, 6.45) is 65.1. The van der Waals surface area contributed by atoms with Crippen LogP contribution >= 0.6 is 0 Å². The smallest absolute Gasteiger partial charge is 0.222 e. The first-order valence-corrected chi connectivity index (χ1v) is 28.5. The third kappa shape index (κ3) is 48.5. The number of rotatable bonds is 53. The van der Waals surface area contributed by atoms with Crippen LogP contribution in [0.5, 0.6) is 0 Å². The second-order valence-corrected chi connectivity index (χ2v) is 19.9. The zero-order valence-electron chi connectivity index (χ0n) is 42.3. The van der Waals surface area contributed by atoms with Crippen molar-refractivity contribution in [3.63, 3.8) is 0 Å². The molecule has 5 nitrogen and oxygen atoms in total. The molecular formula is C57H113NO4. The van der Waals surface area contributed by atoms with Crippen molar-refractivity contribution in [2.24, 2.45) is 0 Å². The zero-order valence-corrected chi connectivity index (χ0v) is 42.3. The Kier molecular flexibility index (Phi) is 51.9. The summed E-state index contributed by atoms with van der Waals surface area (Å²) < 4.78 is 0. The van der Waals surface area contributed by atoms with E-state index < -0.39 is 18.2 Å². The van der Waals surface area contributed by atoms with E-state index in [2.05, 4.69) is 31.3 Å². The van der Waals surface area contributed by atoms with Gasteiger partial charge in [-0.05, 0) is 38.5 Å². The molecule has 0 rings (SSSR count). The number of carbonyl (C=O) groups excluding carboxylic acids is 1. The molecule has 0 saturated heterocycles. The van der Waals surface area contributed by atoms with E-state index in [0.717, 1.165) is 25.7 Å². The van der Waals surface area contributed by atoms with Crippen LogP contribution in [0.25, 0.3) is 0 Å². The zero-order chi connectivity index (χ0) is 45.1. The minimum atomic E-state index is -0.749. The fourth-order valence-corrected chi connectivity index (χ4v) is 9.23. The molecule has 4 N–H and O–H groups in total. The van der Waals surface area contributed by atoms with Crippen molar-refractivity contribution in [2.75, 3.05) is 6.61 Å². The van der Waals surface area contributed by atoms with Crippen molar-refractivity contribution in [3.05, 3.63) is 12.2 Å². The predicted octanol–water partition coefficient (Wildman–Crippen LogP) is 17.5. The van der Waals surface area contributed by atoms with E-state index in [4.69, 9.17) is 0 Å². The molecule has 0 aliphatic heterocycles. The Hall–Kier alpha value is -0.910. The van der Waals surface area contributed by atoms with Crippen LogP contribution in [0.3, 0.4) is 0 Å². The summed E-state index contributed by atoms with van der Waals surface area (Å²) in [6.45, 7) is 4.30. The van der Waals surface area contributed by atoms with Crippen molar-refractivity contribution < 1.29 is 20.1 Å². The normalized spacial score (nSPS) is 13.3. The Bertz CT molecular complexity index is 879. The molecule has 0 aliphatic rings. The van der Waals surface area contributed by atoms with Crippen LogP contribution < -0.4 is 5.32 Å². The Labute approximate surface area is 389 Å². The fourth-order valence-electron chi connectivity index (χ4n) is 9.23. The van der Waals surface area contributed by atoms with Crippen molar-refractivity contribution in [3.8, 4) is 0 Å². The highest BCUT2D eigenvalue weighted by Gasteiger charge is 2.21. The van der Waals surface area contributed by atoms with E-state index in [0.29, 0.717) is 12.8 Å². The molecule has 0 aromatic carbocycles. The second kappa shape index (κ2) is 52.7. The molecule has 0 aliphatic carbocycles. The maximum Gasteiger partial charge on any atom is 0.222 e. The number of aliphatic hydroxyl groups is 3. The number of hydrogen-bond donors (Lipinski definition) is 4. The van der Waals surface area contributed by atoms with Crippen molar-refractivity contribution in [1.82, 2.24) is 5.32 Å². The lowest BCUT2D eigenvalue weighted by Gasteiger charge is -2.23. The Morgan fingerprint density at radius 3 is 0.935 bits per heavy atom. The number of carbonyl (C=O) groups is 1. The van der Waals surface area contributed by atoms with Gasteiger partial charge in [0.05, 0.1) is 31.3 Å². The average molecular weight is 877 g/mol. The third-order valence-electron chi connectivity index (χ3n) is 13.6. The molecule has 3 unspecified atom stereocenters. The lowest BCUT2D eigenvalue weighted by Crippen LogP contribution is -2.46. The first-order chi connectivity index (χ1) is 30.5. The number of allylic oxidation sites excluding steroid dienone is 2. The highest BCUT2D eigenvalue weighted by atomic mass is 16.3. The number of unbranched alkanes of at least 4 members (excludes halogenated alkanes) is 42. The van der Waals surface area contributed by atoms with Crippen LogP contribution in [-0.2, 0) is 4.79 Å². The SMILES string of the molecule is CCCCCCCCCCCCCC/C=C\CCCCCCCCCC(O)CC(=O)NC(CO)C(O)CCCCCCCCCCCCCCCCCCCCCCCCCC. The van der Waals surface area contributed by atoms with Gasteiger partial charge in [0.1, 0.15) is 0 Å². The lowest BCUT2D eigenvalue weighted by atomic mass is 10.0. The largest absolute Gasteiger partial charge is 0.394 e. The summed E-state index contributed by atoms with van der Waals surface area (Å²) in [5, 5.41) is 33.7. The summed E-state index contributed by atoms with van der Waals surface area (Å²) in [5.74, 6) is -0.279. The molecular weight excluding hydrogens is 763 g/mol. The highest BCUT2D eigenvalue weighted by Crippen LogP contribution is 2.18. The van der Waals surface area contributed by atoms with Gasteiger partial charge in [-0.15, -0.1) is 0 Å². The average Bonchev–Trinajstić information content (AvgIpc) is 3.27. The molecule has 5 heteroatoms. The van der Waals surface area contributed by atoms with Gasteiger partial charge in [0.2, 0.25) is 5.91 Å². The number of aliphatic hydroxyl groups excluding tert-OH is 3. The quantitative estimate of drug-likeness (QED) is 0.0362. The van der Waals surface area contributed by atoms with Crippen LogP contribution in [-0.4, -0.2) is 46.1 Å². The Morgan fingerprint density at radius 1 is 0.387 bits per heavy atom. The first kappa shape index (κ1) is 61.1. The summed E-state index contributed by atoms with van der Waals surface area (Å²) in [5.41, 5.74) is 0. The molecule has 62 heavy (non-hydrogen) atoms. The van der Waals surface area contributed by atoms with E-state index in [1.807, 2.05) is 0 Å². The standard InChI is InChI=1S/C57H113NO4/c1-3-5-7-9-11-13-15-17-19-21-23-25-27-29-31-33-35-37-39-41-43-45-47-49-51-56(61)55(53-59)58-57(62)52-54(60)50-48-46-44-42-40-38-36-34-32-30-28-26-24-22-20-18-16-14-12-10-8-6-4-2/h30,32,54-56,59-61H,3-29,31,33-53H2,1-2H3,(H,58,62)/b32-30-. The molecule has 0 radical (unpaired) electrons. The van der Waals surface area contributed by atoms with Gasteiger partial charge in [-0.25, -0.2) is 0 Å². The monoisotopic (exact) mass is 876 g/mol. The lowest BCUT2D eigenvalue weighted by molar-refractivity contribution is -0.125. The van der Waals surface area contributed by atoms with Gasteiger partial charge in [0.25, 0.3) is 0 Å². The van der Waals surface area contributed by atoms with Gasteiger partial charge in [-0.1, -0.05) is 289 Å². The van der Waals surface area contributed by atoms with Gasteiger partial charge in [0.15, 0.2) is 0 Å². The minimum absolute atomic E-state index is 0.0372. The van der Waals surface area contributed by atoms with Crippen LogP contribution in [0.2, 0.25) is 0 Å². The third-order valence-corrected chi connectivity index (χ3v) is 13.6. The molecule has 3 atom stereocenters. The fraction of sp³-hybridized carbons (Fsp3) is 0.947. The molecule has 0 heterocycles. The van der Waals surface area contributed by atoms with Crippen LogP contribution in [0, 0.1) is 0 Å². The van der Waals surface area contributed by atoms with Gasteiger partial charge < -0.3 is 20.6 Å². The van der Waals surface area contributed by atoms with Crippen LogP contribution in [0.1, 0.15) is 322 Å². The van der Waals surface area contributed by atoms with Crippen molar-refractivity contribution >= 4 is 5.91 Å². The Balaban J connectivity index is 3.52. The number of nitrogens with one attached hydrogen (secondary N) is 1. The minimum Gasteiger partial charge on any atom is -0.394 e. The van der Waals surface area contributed by atoms with Crippen LogP contribution in [0.15, 0.2) is 12.2 Å². The summed E-state index contributed by atoms with van der Waals surface area (Å²) in [6, 6.07) is -0.658. The highest BCUT2D eigenvalue weighted by molar-refractivity contribution is 5.76. The van der Waals surface area contributed by atoms with Crippen LogP contribution in [0.4, 0.5) is 0 Å². The van der Waals surface area contributed by atoms with Gasteiger partial charge in [-0.2, -0.15) is 0 Å². The molecule has 0 spiro atoms. The number of amides is 1. The first-order valence-electron chi connectivity index (χ1n) is 28.5. The molecule has 370 valence electrons. The van der Waals surface area contributed by atoms with E-state index in [9.17, 15) is 20.1 Å². The molecule has 0 fully saturated rings. The molecule has 0 bridgehead atoms. The topological polar surface area (TPSA) is 89.8 Å². The van der Waals surface area contributed by atoms with Crippen molar-refractivity contribution in [2.45, 2.75) is 340 Å². The maximum absolute atomic E-state index is 12.5. The van der Waals surface area contributed by atoms with Gasteiger partial charge >= 0.3 is 0 Å².